The van der Waals surface area contributed by atoms with Gasteiger partial charge in [-0.25, -0.2) is 9.97 Å². The van der Waals surface area contributed by atoms with E-state index in [-0.39, 0.29) is 11.9 Å². The van der Waals surface area contributed by atoms with Crippen LogP contribution in [0, 0.1) is 0 Å². The largest absolute Gasteiger partial charge is 0.368 e. The molecular formula is C22H24N6O. The minimum absolute atomic E-state index is 0.316. The summed E-state index contributed by atoms with van der Waals surface area (Å²) in [7, 11) is 0. The summed E-state index contributed by atoms with van der Waals surface area (Å²) in [6.07, 6.45) is 4.59. The van der Waals surface area contributed by atoms with Crippen molar-refractivity contribution in [2.75, 3.05) is 11.4 Å². The Bertz CT molecular complexity index is 1030. The number of amides is 1. The molecule has 2 aromatic heterocycles. The second-order valence-corrected chi connectivity index (χ2v) is 7.98. The summed E-state index contributed by atoms with van der Waals surface area (Å²) in [6.45, 7) is 0.748. The van der Waals surface area contributed by atoms with Crippen molar-refractivity contribution in [3.05, 3.63) is 70.8 Å². The minimum atomic E-state index is -0.322. The zero-order valence-corrected chi connectivity index (χ0v) is 16.2. The van der Waals surface area contributed by atoms with Crippen molar-refractivity contribution in [2.45, 2.75) is 44.1 Å². The topological polar surface area (TPSA) is 101 Å². The second kappa shape index (κ2) is 7.31. The molecule has 1 unspecified atom stereocenters. The molecule has 7 heteroatoms. The summed E-state index contributed by atoms with van der Waals surface area (Å²) in [4.78, 5) is 23.1. The molecule has 5 rings (SSSR count). The van der Waals surface area contributed by atoms with Crippen molar-refractivity contribution in [3.8, 4) is 0 Å². The molecule has 0 spiro atoms. The monoisotopic (exact) mass is 388 g/mol. The van der Waals surface area contributed by atoms with Gasteiger partial charge in [-0.15, -0.1) is 0 Å². The van der Waals surface area contributed by atoms with Crippen LogP contribution in [0.25, 0.3) is 0 Å². The predicted molar refractivity (Wildman–Crippen MR) is 110 cm³/mol. The number of nitrogens with one attached hydrogen (secondary N) is 1. The van der Waals surface area contributed by atoms with Gasteiger partial charge in [-0.3, -0.25) is 9.89 Å². The van der Waals surface area contributed by atoms with Crippen LogP contribution in [0.3, 0.4) is 0 Å². The van der Waals surface area contributed by atoms with Crippen LogP contribution in [-0.2, 0) is 17.6 Å². The SMILES string of the molecule is NC(=O)C1CCN1c1nc(Cc2ccccc2)cc(Cc2cc(C3CC3)n[nH]2)n1. The number of rotatable bonds is 7. The van der Waals surface area contributed by atoms with Gasteiger partial charge in [-0.1, -0.05) is 30.3 Å². The van der Waals surface area contributed by atoms with Crippen LogP contribution in [0.15, 0.2) is 42.5 Å². The van der Waals surface area contributed by atoms with Crippen LogP contribution < -0.4 is 10.6 Å². The number of benzene rings is 1. The average Bonchev–Trinajstić information content (AvgIpc) is 3.41. The van der Waals surface area contributed by atoms with Crippen molar-refractivity contribution in [2.24, 2.45) is 5.73 Å². The fraction of sp³-hybridized carbons (Fsp3) is 0.364. The number of carbonyl (C=O) groups is 1. The maximum absolute atomic E-state index is 11.7. The lowest BCUT2D eigenvalue weighted by molar-refractivity contribution is -0.120. The lowest BCUT2D eigenvalue weighted by atomic mass is 10.0. The highest BCUT2D eigenvalue weighted by Gasteiger charge is 2.35. The van der Waals surface area contributed by atoms with Gasteiger partial charge in [0.2, 0.25) is 11.9 Å². The van der Waals surface area contributed by atoms with Gasteiger partial charge >= 0.3 is 0 Å². The molecule has 1 aliphatic heterocycles. The van der Waals surface area contributed by atoms with Crippen LogP contribution in [0.4, 0.5) is 5.95 Å². The fourth-order valence-corrected chi connectivity index (χ4v) is 3.83. The highest BCUT2D eigenvalue weighted by molar-refractivity contribution is 5.84. The molecule has 3 heterocycles. The van der Waals surface area contributed by atoms with E-state index in [1.165, 1.54) is 18.4 Å². The lowest BCUT2D eigenvalue weighted by Crippen LogP contribution is -2.55. The Morgan fingerprint density at radius 3 is 2.48 bits per heavy atom. The number of hydrogen-bond donors (Lipinski definition) is 2. The van der Waals surface area contributed by atoms with Crippen molar-refractivity contribution >= 4 is 11.9 Å². The zero-order chi connectivity index (χ0) is 19.8. The number of nitrogens with two attached hydrogens (primary N) is 1. The molecule has 1 saturated carbocycles. The van der Waals surface area contributed by atoms with E-state index in [9.17, 15) is 4.79 Å². The zero-order valence-electron chi connectivity index (χ0n) is 16.2. The van der Waals surface area contributed by atoms with Gasteiger partial charge in [0.25, 0.3) is 0 Å². The number of carbonyl (C=O) groups excluding carboxylic acids is 1. The number of primary amides is 1. The quantitative estimate of drug-likeness (QED) is 0.647. The molecular weight excluding hydrogens is 364 g/mol. The summed E-state index contributed by atoms with van der Waals surface area (Å²) in [5.74, 6) is 0.884. The van der Waals surface area contributed by atoms with Crippen LogP contribution in [0.5, 0.6) is 0 Å². The van der Waals surface area contributed by atoms with E-state index in [0.29, 0.717) is 18.3 Å². The average molecular weight is 388 g/mol. The van der Waals surface area contributed by atoms with E-state index < -0.39 is 0 Å². The second-order valence-electron chi connectivity index (χ2n) is 7.98. The summed E-state index contributed by atoms with van der Waals surface area (Å²) in [5, 5.41) is 7.59. The van der Waals surface area contributed by atoms with Gasteiger partial charge in [0.05, 0.1) is 17.1 Å². The Morgan fingerprint density at radius 1 is 1.07 bits per heavy atom. The van der Waals surface area contributed by atoms with E-state index in [1.54, 1.807) is 0 Å². The number of aromatic amines is 1. The van der Waals surface area contributed by atoms with Gasteiger partial charge in [0.1, 0.15) is 6.04 Å². The summed E-state index contributed by atoms with van der Waals surface area (Å²) >= 11 is 0. The third-order valence-electron chi connectivity index (χ3n) is 5.67. The first-order valence-electron chi connectivity index (χ1n) is 10.2. The number of hydrogen-bond acceptors (Lipinski definition) is 5. The van der Waals surface area contributed by atoms with E-state index in [1.807, 2.05) is 29.2 Å². The Balaban J connectivity index is 1.44. The van der Waals surface area contributed by atoms with Crippen molar-refractivity contribution in [3.63, 3.8) is 0 Å². The van der Waals surface area contributed by atoms with Gasteiger partial charge in [-0.2, -0.15) is 5.10 Å². The molecule has 1 aliphatic carbocycles. The van der Waals surface area contributed by atoms with Crippen LogP contribution in [-0.4, -0.2) is 38.7 Å². The van der Waals surface area contributed by atoms with E-state index in [2.05, 4.69) is 28.4 Å². The molecule has 1 amide bonds. The highest BCUT2D eigenvalue weighted by atomic mass is 16.1. The molecule has 3 aromatic rings. The van der Waals surface area contributed by atoms with Crippen molar-refractivity contribution in [1.29, 1.82) is 0 Å². The van der Waals surface area contributed by atoms with E-state index in [0.717, 1.165) is 42.2 Å². The molecule has 29 heavy (non-hydrogen) atoms. The van der Waals surface area contributed by atoms with Crippen LogP contribution >= 0.6 is 0 Å². The number of H-pyrrole nitrogens is 1. The summed E-state index contributed by atoms with van der Waals surface area (Å²) < 4.78 is 0. The van der Waals surface area contributed by atoms with E-state index in [4.69, 9.17) is 15.7 Å². The molecule has 3 N–H and O–H groups in total. The third-order valence-corrected chi connectivity index (χ3v) is 5.67. The molecule has 2 fully saturated rings. The third kappa shape index (κ3) is 3.85. The molecule has 1 aromatic carbocycles. The number of anilines is 1. The van der Waals surface area contributed by atoms with Gasteiger partial charge in [0.15, 0.2) is 0 Å². The lowest BCUT2D eigenvalue weighted by Gasteiger charge is -2.38. The highest BCUT2D eigenvalue weighted by Crippen LogP contribution is 2.39. The van der Waals surface area contributed by atoms with Crippen molar-refractivity contribution in [1.82, 2.24) is 20.2 Å². The predicted octanol–water partition coefficient (Wildman–Crippen LogP) is 2.32. The smallest absolute Gasteiger partial charge is 0.240 e. The Labute approximate surface area is 169 Å². The molecule has 0 bridgehead atoms. The van der Waals surface area contributed by atoms with Crippen molar-refractivity contribution < 1.29 is 4.79 Å². The van der Waals surface area contributed by atoms with Gasteiger partial charge in [0, 0.05) is 31.0 Å². The van der Waals surface area contributed by atoms with Gasteiger partial charge < -0.3 is 10.6 Å². The van der Waals surface area contributed by atoms with Crippen LogP contribution in [0.2, 0.25) is 0 Å². The fourth-order valence-electron chi connectivity index (χ4n) is 3.83. The first kappa shape index (κ1) is 17.8. The normalized spacial score (nSPS) is 18.5. The Hall–Kier alpha value is -3.22. The molecule has 1 saturated heterocycles. The first-order valence-corrected chi connectivity index (χ1v) is 10.2. The van der Waals surface area contributed by atoms with E-state index >= 15 is 0 Å². The molecule has 2 aliphatic rings. The minimum Gasteiger partial charge on any atom is -0.368 e. The maximum atomic E-state index is 11.7. The molecule has 148 valence electrons. The summed E-state index contributed by atoms with van der Waals surface area (Å²) in [6, 6.07) is 14.1. The summed E-state index contributed by atoms with van der Waals surface area (Å²) in [5.41, 5.74) is 10.8. The number of aromatic nitrogens is 4. The Morgan fingerprint density at radius 2 is 1.83 bits per heavy atom. The molecule has 0 radical (unpaired) electrons. The maximum Gasteiger partial charge on any atom is 0.240 e. The van der Waals surface area contributed by atoms with Gasteiger partial charge in [-0.05, 0) is 37.0 Å². The van der Waals surface area contributed by atoms with Crippen LogP contribution in [0.1, 0.15) is 53.5 Å². The molecule has 7 nitrogen and oxygen atoms in total. The Kier molecular flexibility index (Phi) is 4.50. The molecule has 1 atom stereocenters. The number of nitrogens with zero attached hydrogens (tertiary/aromatic N) is 4. The first-order chi connectivity index (χ1) is 14.2. The standard InChI is InChI=1S/C22H24N6O/c23-21(29)20-8-9-28(20)22-24-16(10-14-4-2-1-3-5-14)11-17(25-22)12-18-13-19(27-26-18)15-6-7-15/h1-5,11,13,15,20H,6-10,12H2,(H2,23,29)(H,26,27).